The van der Waals surface area contributed by atoms with E-state index in [9.17, 15) is 13.2 Å². The molecule has 0 aliphatic heterocycles. The first kappa shape index (κ1) is 21.8. The van der Waals surface area contributed by atoms with E-state index in [1.54, 1.807) is 30.6 Å². The van der Waals surface area contributed by atoms with Crippen LogP contribution >= 0.6 is 12.4 Å². The fraction of sp³-hybridized carbons (Fsp3) is 0.200. The van der Waals surface area contributed by atoms with E-state index in [0.29, 0.717) is 13.0 Å². The number of hydrogen-bond donors (Lipinski definition) is 2. The number of carbonyl (C=O) groups excluding carboxylic acids is 1. The molecule has 6 nitrogen and oxygen atoms in total. The third-order valence-corrected chi connectivity index (χ3v) is 5.74. The average Bonchev–Trinajstić information content (AvgIpc) is 2.68. The minimum Gasteiger partial charge on any atom is -0.354 e. The average molecular weight is 420 g/mol. The van der Waals surface area contributed by atoms with Gasteiger partial charge in [0.15, 0.2) is 0 Å². The molecule has 0 aliphatic carbocycles. The number of nitrogens with one attached hydrogen (secondary N) is 2. The van der Waals surface area contributed by atoms with Gasteiger partial charge in [0.05, 0.1) is 10.9 Å². The second-order valence-electron chi connectivity index (χ2n) is 6.25. The molecule has 2 N–H and O–H groups in total. The van der Waals surface area contributed by atoms with Gasteiger partial charge in [0.25, 0.3) is 0 Å². The molecule has 1 aromatic heterocycles. The zero-order chi connectivity index (χ0) is 19.3. The summed E-state index contributed by atoms with van der Waals surface area (Å²) in [6.45, 7) is 1.97. The van der Waals surface area contributed by atoms with Crippen LogP contribution in [-0.2, 0) is 21.2 Å². The van der Waals surface area contributed by atoms with E-state index in [4.69, 9.17) is 0 Å². The number of hydrogen-bond acceptors (Lipinski definition) is 4. The number of rotatable bonds is 7. The normalized spacial score (nSPS) is 12.2. The van der Waals surface area contributed by atoms with Crippen molar-refractivity contribution in [2.24, 2.45) is 0 Å². The molecule has 28 heavy (non-hydrogen) atoms. The van der Waals surface area contributed by atoms with Crippen molar-refractivity contribution in [2.45, 2.75) is 24.3 Å². The van der Waals surface area contributed by atoms with Gasteiger partial charge in [0.1, 0.15) is 0 Å². The Hall–Kier alpha value is -2.48. The molecule has 0 saturated heterocycles. The Labute approximate surface area is 170 Å². The highest BCUT2D eigenvalue weighted by atomic mass is 35.5. The number of aromatic nitrogens is 1. The lowest BCUT2D eigenvalue weighted by Crippen LogP contribution is -2.45. The molecule has 3 aromatic rings. The lowest BCUT2D eigenvalue weighted by atomic mass is 10.1. The Morgan fingerprint density at radius 2 is 1.82 bits per heavy atom. The number of amides is 1. The molecule has 0 spiro atoms. The van der Waals surface area contributed by atoms with Crippen molar-refractivity contribution in [3.63, 3.8) is 0 Å². The molecule has 3 rings (SSSR count). The van der Waals surface area contributed by atoms with E-state index < -0.39 is 16.1 Å². The van der Waals surface area contributed by atoms with Gasteiger partial charge in [-0.15, -0.1) is 12.4 Å². The number of benzene rings is 2. The number of halogens is 1. The third-order valence-electron chi connectivity index (χ3n) is 4.20. The summed E-state index contributed by atoms with van der Waals surface area (Å²) in [6.07, 6.45) is 3.96. The minimum atomic E-state index is -3.80. The topological polar surface area (TPSA) is 88.2 Å². The van der Waals surface area contributed by atoms with Gasteiger partial charge < -0.3 is 5.32 Å². The molecule has 0 saturated carbocycles. The van der Waals surface area contributed by atoms with Gasteiger partial charge in [-0.1, -0.05) is 36.4 Å². The van der Waals surface area contributed by atoms with Crippen LogP contribution in [0.2, 0.25) is 0 Å². The quantitative estimate of drug-likeness (QED) is 0.616. The van der Waals surface area contributed by atoms with E-state index >= 15 is 0 Å². The van der Waals surface area contributed by atoms with Crippen molar-refractivity contribution in [1.82, 2.24) is 15.0 Å². The van der Waals surface area contributed by atoms with Crippen LogP contribution in [0, 0.1) is 0 Å². The second kappa shape index (κ2) is 9.64. The molecular weight excluding hydrogens is 398 g/mol. The first-order valence-electron chi connectivity index (χ1n) is 8.63. The first-order chi connectivity index (χ1) is 13.0. The van der Waals surface area contributed by atoms with Crippen molar-refractivity contribution in [2.75, 3.05) is 6.54 Å². The van der Waals surface area contributed by atoms with Gasteiger partial charge >= 0.3 is 0 Å². The maximum absolute atomic E-state index is 12.6. The summed E-state index contributed by atoms with van der Waals surface area (Å²) in [5.74, 6) is -0.362. The number of fused-ring (bicyclic) bond motifs is 1. The van der Waals surface area contributed by atoms with Crippen LogP contribution in [0.1, 0.15) is 12.5 Å². The Bertz CT molecular complexity index is 1040. The molecule has 0 radical (unpaired) electrons. The summed E-state index contributed by atoms with van der Waals surface area (Å²) in [5, 5.41) is 4.38. The lowest BCUT2D eigenvalue weighted by Gasteiger charge is -2.15. The van der Waals surface area contributed by atoms with Crippen LogP contribution in [0.4, 0.5) is 0 Å². The predicted octanol–water partition coefficient (Wildman–Crippen LogP) is 2.68. The predicted molar refractivity (Wildman–Crippen MR) is 112 cm³/mol. The Morgan fingerprint density at radius 1 is 1.07 bits per heavy atom. The smallest absolute Gasteiger partial charge is 0.241 e. The molecule has 0 fully saturated rings. The molecule has 0 bridgehead atoms. The second-order valence-corrected chi connectivity index (χ2v) is 7.97. The van der Waals surface area contributed by atoms with Gasteiger partial charge in [-0.2, -0.15) is 4.72 Å². The van der Waals surface area contributed by atoms with E-state index in [0.717, 1.165) is 16.3 Å². The largest absolute Gasteiger partial charge is 0.354 e. The Kier molecular flexibility index (Phi) is 7.51. The molecule has 0 unspecified atom stereocenters. The maximum atomic E-state index is 12.6. The highest BCUT2D eigenvalue weighted by Crippen LogP contribution is 2.18. The van der Waals surface area contributed by atoms with Crippen molar-refractivity contribution >= 4 is 39.1 Å². The van der Waals surface area contributed by atoms with Crippen LogP contribution in [-0.4, -0.2) is 31.9 Å². The van der Waals surface area contributed by atoms with Crippen LogP contribution in [0.3, 0.4) is 0 Å². The molecule has 1 atom stereocenters. The van der Waals surface area contributed by atoms with Crippen molar-refractivity contribution in [3.05, 3.63) is 72.6 Å². The SMILES string of the molecule is C[C@@H](NS(=O)(=O)c1ccc2cnccc2c1)C(=O)NCCc1ccccc1.Cl. The van der Waals surface area contributed by atoms with Gasteiger partial charge in [0, 0.05) is 24.3 Å². The fourth-order valence-corrected chi connectivity index (χ4v) is 3.95. The first-order valence-corrected chi connectivity index (χ1v) is 10.1. The van der Waals surface area contributed by atoms with Crippen LogP contribution in [0.15, 0.2) is 71.9 Å². The van der Waals surface area contributed by atoms with E-state index in [-0.39, 0.29) is 23.2 Å². The molecular formula is C20H22ClN3O3S. The van der Waals surface area contributed by atoms with E-state index in [1.165, 1.54) is 13.0 Å². The zero-order valence-corrected chi connectivity index (χ0v) is 17.0. The molecule has 0 aliphatic rings. The van der Waals surface area contributed by atoms with Gasteiger partial charge in [0.2, 0.25) is 15.9 Å². The minimum absolute atomic E-state index is 0. The van der Waals surface area contributed by atoms with Gasteiger partial charge in [-0.05, 0) is 42.5 Å². The van der Waals surface area contributed by atoms with Crippen LogP contribution < -0.4 is 10.0 Å². The summed E-state index contributed by atoms with van der Waals surface area (Å²) in [7, 11) is -3.80. The zero-order valence-electron chi connectivity index (χ0n) is 15.3. The molecule has 1 amide bonds. The van der Waals surface area contributed by atoms with Crippen molar-refractivity contribution in [1.29, 1.82) is 0 Å². The van der Waals surface area contributed by atoms with Gasteiger partial charge in [-0.25, -0.2) is 8.42 Å². The molecule has 8 heteroatoms. The monoisotopic (exact) mass is 419 g/mol. The summed E-state index contributed by atoms with van der Waals surface area (Å²) >= 11 is 0. The number of sulfonamides is 1. The van der Waals surface area contributed by atoms with E-state index in [1.807, 2.05) is 30.3 Å². The van der Waals surface area contributed by atoms with E-state index in [2.05, 4.69) is 15.0 Å². The number of nitrogens with zero attached hydrogens (tertiary/aromatic N) is 1. The van der Waals surface area contributed by atoms with Crippen LogP contribution in [0.25, 0.3) is 10.8 Å². The summed E-state index contributed by atoms with van der Waals surface area (Å²) in [5.41, 5.74) is 1.11. The standard InChI is InChI=1S/C20H21N3O3S.ClH/c1-15(20(24)22-12-9-16-5-3-2-4-6-16)23-27(25,26)19-8-7-18-14-21-11-10-17(18)13-19;/h2-8,10-11,13-15,23H,9,12H2,1H3,(H,22,24);1H/t15-;/m1./s1. The molecule has 148 valence electrons. The third kappa shape index (κ3) is 5.51. The molecule has 1 heterocycles. The number of pyridine rings is 1. The highest BCUT2D eigenvalue weighted by molar-refractivity contribution is 7.89. The fourth-order valence-electron chi connectivity index (χ4n) is 2.71. The summed E-state index contributed by atoms with van der Waals surface area (Å²) in [6, 6.07) is 15.4. The van der Waals surface area contributed by atoms with Gasteiger partial charge in [-0.3, -0.25) is 9.78 Å². The van der Waals surface area contributed by atoms with Crippen molar-refractivity contribution in [3.8, 4) is 0 Å². The van der Waals surface area contributed by atoms with Crippen LogP contribution in [0.5, 0.6) is 0 Å². The summed E-state index contributed by atoms with van der Waals surface area (Å²) < 4.78 is 27.6. The Morgan fingerprint density at radius 3 is 2.57 bits per heavy atom. The Balaban J connectivity index is 0.00000280. The maximum Gasteiger partial charge on any atom is 0.241 e. The highest BCUT2D eigenvalue weighted by Gasteiger charge is 2.22. The summed E-state index contributed by atoms with van der Waals surface area (Å²) in [4.78, 5) is 16.3. The molecule has 2 aromatic carbocycles. The lowest BCUT2D eigenvalue weighted by molar-refractivity contribution is -0.122. The van der Waals surface area contributed by atoms with Crippen molar-refractivity contribution < 1.29 is 13.2 Å². The number of carbonyl (C=O) groups is 1.